The number of aliphatic hydroxyl groups excluding tert-OH is 1. The Morgan fingerprint density at radius 1 is 1.19 bits per heavy atom. The molecule has 3 rings (SSSR count). The summed E-state index contributed by atoms with van der Waals surface area (Å²) in [6.07, 6.45) is -1.43. The Morgan fingerprint density at radius 2 is 1.89 bits per heavy atom. The zero-order valence-electron chi connectivity index (χ0n) is 21.4. The van der Waals surface area contributed by atoms with Gasteiger partial charge in [-0.05, 0) is 49.6 Å². The first kappa shape index (κ1) is 28.9. The first-order chi connectivity index (χ1) is 17.7. The number of carbonyl (C=O) groups excluding carboxylic acids is 1. The van der Waals surface area contributed by atoms with Gasteiger partial charge in [-0.15, -0.1) is 0 Å². The SMILES string of the molecule is CCC(C)ON(CC(O)C(Cc1ccccc1)NC(=O)OC1CCOC1)S(=O)(=O)c1ccc(OC)cc1. The van der Waals surface area contributed by atoms with Gasteiger partial charge < -0.3 is 24.6 Å². The van der Waals surface area contributed by atoms with E-state index in [-0.39, 0.29) is 17.4 Å². The predicted octanol–water partition coefficient (Wildman–Crippen LogP) is 2.90. The Kier molecular flexibility index (Phi) is 10.7. The number of hydrogen-bond acceptors (Lipinski definition) is 8. The van der Waals surface area contributed by atoms with Gasteiger partial charge >= 0.3 is 6.09 Å². The lowest BCUT2D eigenvalue weighted by molar-refractivity contribution is -0.142. The largest absolute Gasteiger partial charge is 0.497 e. The van der Waals surface area contributed by atoms with Crippen molar-refractivity contribution in [1.29, 1.82) is 0 Å². The molecule has 0 spiro atoms. The van der Waals surface area contributed by atoms with Gasteiger partial charge in [0.25, 0.3) is 10.0 Å². The van der Waals surface area contributed by atoms with Crippen molar-refractivity contribution in [3.8, 4) is 5.75 Å². The molecule has 1 fully saturated rings. The predicted molar refractivity (Wildman–Crippen MR) is 137 cm³/mol. The number of ether oxygens (including phenoxy) is 3. The van der Waals surface area contributed by atoms with Crippen molar-refractivity contribution in [1.82, 2.24) is 9.79 Å². The summed E-state index contributed by atoms with van der Waals surface area (Å²) in [5, 5.41) is 13.9. The van der Waals surface area contributed by atoms with Crippen LogP contribution in [-0.4, -0.2) is 75.3 Å². The summed E-state index contributed by atoms with van der Waals surface area (Å²) in [6, 6.07) is 14.3. The zero-order chi connectivity index (χ0) is 26.8. The van der Waals surface area contributed by atoms with Crippen LogP contribution < -0.4 is 10.1 Å². The molecule has 2 aromatic carbocycles. The Labute approximate surface area is 218 Å². The minimum atomic E-state index is -4.14. The van der Waals surface area contributed by atoms with Crippen LogP contribution in [0.15, 0.2) is 59.5 Å². The van der Waals surface area contributed by atoms with Crippen molar-refractivity contribution in [2.24, 2.45) is 0 Å². The molecule has 1 amide bonds. The quantitative estimate of drug-likeness (QED) is 0.375. The molecular weight excluding hydrogens is 500 g/mol. The number of hydrogen-bond donors (Lipinski definition) is 2. The van der Waals surface area contributed by atoms with Crippen molar-refractivity contribution in [3.05, 3.63) is 60.2 Å². The molecule has 0 aliphatic carbocycles. The Bertz CT molecular complexity index is 1080. The number of carbonyl (C=O) groups is 1. The van der Waals surface area contributed by atoms with E-state index in [1.807, 2.05) is 37.3 Å². The summed E-state index contributed by atoms with van der Waals surface area (Å²) in [5.41, 5.74) is 0.850. The van der Waals surface area contributed by atoms with Crippen LogP contribution in [0.1, 0.15) is 32.3 Å². The summed E-state index contributed by atoms with van der Waals surface area (Å²) >= 11 is 0. The van der Waals surface area contributed by atoms with Gasteiger partial charge in [-0.1, -0.05) is 41.7 Å². The molecule has 4 unspecified atom stereocenters. The lowest BCUT2D eigenvalue weighted by atomic mass is 10.0. The van der Waals surface area contributed by atoms with Crippen LogP contribution in [0.25, 0.3) is 0 Å². The molecule has 2 N–H and O–H groups in total. The van der Waals surface area contributed by atoms with Crippen LogP contribution in [0.2, 0.25) is 0 Å². The van der Waals surface area contributed by atoms with Crippen molar-refractivity contribution in [2.45, 2.75) is 62.4 Å². The van der Waals surface area contributed by atoms with Crippen LogP contribution in [0.4, 0.5) is 4.79 Å². The lowest BCUT2D eigenvalue weighted by Crippen LogP contribution is -2.51. The molecule has 1 aliphatic rings. The van der Waals surface area contributed by atoms with Crippen LogP contribution >= 0.6 is 0 Å². The normalized spacial score (nSPS) is 18.2. The third-order valence-corrected chi connectivity index (χ3v) is 7.70. The van der Waals surface area contributed by atoms with E-state index in [0.717, 1.165) is 10.0 Å². The highest BCUT2D eigenvalue weighted by Gasteiger charge is 2.33. The van der Waals surface area contributed by atoms with Gasteiger partial charge in [0, 0.05) is 6.42 Å². The molecule has 0 radical (unpaired) electrons. The fourth-order valence-electron chi connectivity index (χ4n) is 3.71. The lowest BCUT2D eigenvalue weighted by Gasteiger charge is -2.30. The fourth-order valence-corrected chi connectivity index (χ4v) is 5.04. The summed E-state index contributed by atoms with van der Waals surface area (Å²) < 4.78 is 43.5. The van der Waals surface area contributed by atoms with Gasteiger partial charge in [0.15, 0.2) is 0 Å². The van der Waals surface area contributed by atoms with E-state index < -0.39 is 40.9 Å². The van der Waals surface area contributed by atoms with E-state index in [0.29, 0.717) is 31.8 Å². The summed E-state index contributed by atoms with van der Waals surface area (Å²) in [5.74, 6) is 0.506. The number of sulfonamides is 1. The standard InChI is InChI=1S/C26H36N2O8S/c1-4-19(2)36-28(37(31,32)23-12-10-21(33-3)11-13-23)17-25(29)24(16-20-8-6-5-7-9-20)27-26(30)35-22-14-15-34-18-22/h5-13,19,22,24-25,29H,4,14-18H2,1-3H3,(H,27,30). The third-order valence-electron chi connectivity index (χ3n) is 6.06. The Morgan fingerprint density at radius 3 is 2.49 bits per heavy atom. The number of hydroxylamine groups is 1. The maximum atomic E-state index is 13.5. The maximum absolute atomic E-state index is 13.5. The van der Waals surface area contributed by atoms with E-state index in [4.69, 9.17) is 19.0 Å². The molecule has 1 aliphatic heterocycles. The van der Waals surface area contributed by atoms with Gasteiger partial charge in [-0.25, -0.2) is 13.2 Å². The molecule has 11 heteroatoms. The van der Waals surface area contributed by atoms with E-state index in [1.54, 1.807) is 6.92 Å². The minimum Gasteiger partial charge on any atom is -0.497 e. The zero-order valence-corrected chi connectivity index (χ0v) is 22.2. The molecule has 0 aromatic heterocycles. The molecule has 37 heavy (non-hydrogen) atoms. The minimum absolute atomic E-state index is 0.0167. The molecule has 0 bridgehead atoms. The molecular formula is C26H36N2O8S. The van der Waals surface area contributed by atoms with Crippen molar-refractivity contribution < 1.29 is 37.4 Å². The third kappa shape index (κ3) is 8.41. The highest BCUT2D eigenvalue weighted by atomic mass is 32.2. The first-order valence-corrected chi connectivity index (χ1v) is 13.8. The van der Waals surface area contributed by atoms with Crippen LogP contribution in [-0.2, 0) is 30.8 Å². The second kappa shape index (κ2) is 13.7. The summed E-state index contributed by atoms with van der Waals surface area (Å²) in [6.45, 7) is 4.02. The Balaban J connectivity index is 1.82. The van der Waals surface area contributed by atoms with E-state index in [2.05, 4.69) is 5.32 Å². The number of nitrogens with one attached hydrogen (secondary N) is 1. The number of benzene rings is 2. The fraction of sp³-hybridized carbons (Fsp3) is 0.500. The van der Waals surface area contributed by atoms with Gasteiger partial charge in [0.2, 0.25) is 0 Å². The monoisotopic (exact) mass is 536 g/mol. The van der Waals surface area contributed by atoms with Crippen LogP contribution in [0, 0.1) is 0 Å². The van der Waals surface area contributed by atoms with Crippen molar-refractivity contribution >= 4 is 16.1 Å². The second-order valence-corrected chi connectivity index (χ2v) is 10.7. The van der Waals surface area contributed by atoms with Crippen molar-refractivity contribution in [3.63, 3.8) is 0 Å². The van der Waals surface area contributed by atoms with Gasteiger partial charge in [0.1, 0.15) is 11.9 Å². The number of rotatable bonds is 13. The molecule has 10 nitrogen and oxygen atoms in total. The van der Waals surface area contributed by atoms with Crippen LogP contribution in [0.5, 0.6) is 5.75 Å². The number of amides is 1. The summed E-state index contributed by atoms with van der Waals surface area (Å²) in [4.78, 5) is 18.4. The number of aliphatic hydroxyl groups is 1. The second-order valence-electron chi connectivity index (χ2n) is 8.89. The number of nitrogens with zero attached hydrogens (tertiary/aromatic N) is 1. The average molecular weight is 537 g/mol. The maximum Gasteiger partial charge on any atom is 0.407 e. The van der Waals surface area contributed by atoms with E-state index >= 15 is 0 Å². The van der Waals surface area contributed by atoms with Gasteiger partial charge in [-0.3, -0.25) is 4.84 Å². The van der Waals surface area contributed by atoms with Crippen LogP contribution in [0.3, 0.4) is 0 Å². The number of alkyl carbamates (subject to hydrolysis) is 1. The Hall–Kier alpha value is -2.70. The molecule has 204 valence electrons. The van der Waals surface area contributed by atoms with Gasteiger partial charge in [-0.2, -0.15) is 0 Å². The first-order valence-electron chi connectivity index (χ1n) is 12.3. The van der Waals surface area contributed by atoms with E-state index in [1.165, 1.54) is 31.4 Å². The highest BCUT2D eigenvalue weighted by Crippen LogP contribution is 2.22. The highest BCUT2D eigenvalue weighted by molar-refractivity contribution is 7.89. The van der Waals surface area contributed by atoms with Gasteiger partial charge in [0.05, 0.1) is 50.0 Å². The summed E-state index contributed by atoms with van der Waals surface area (Å²) in [7, 11) is -2.66. The molecule has 2 aromatic rings. The topological polar surface area (TPSA) is 124 Å². The molecule has 0 saturated carbocycles. The van der Waals surface area contributed by atoms with E-state index in [9.17, 15) is 18.3 Å². The molecule has 4 atom stereocenters. The average Bonchev–Trinajstić information content (AvgIpc) is 3.41. The molecule has 1 heterocycles. The molecule has 1 saturated heterocycles. The smallest absolute Gasteiger partial charge is 0.407 e. The number of methoxy groups -OCH3 is 1. The van der Waals surface area contributed by atoms with Crippen molar-refractivity contribution in [2.75, 3.05) is 26.9 Å².